The molecule has 0 saturated carbocycles. The maximum atomic E-state index is 13.0. The number of aliphatic hydroxyl groups excluding tert-OH is 1. The van der Waals surface area contributed by atoms with Crippen LogP contribution in [0.2, 0.25) is 0 Å². The van der Waals surface area contributed by atoms with Gasteiger partial charge in [-0.2, -0.15) is 13.2 Å². The minimum Gasteiger partial charge on any atom is -0.393 e. The molecule has 0 atom stereocenters. The third-order valence-corrected chi connectivity index (χ3v) is 3.76. The average molecular weight is 384 g/mol. The predicted octanol–water partition coefficient (Wildman–Crippen LogP) is 3.70. The molecule has 0 amide bonds. The first-order valence-electron chi connectivity index (χ1n) is 7.10. The zero-order chi connectivity index (χ0) is 15.7. The van der Waals surface area contributed by atoms with Gasteiger partial charge in [0.25, 0.3) is 0 Å². The fraction of sp³-hybridized carbons (Fsp3) is 0.400. The Hall–Kier alpha value is -1.44. The Kier molecular flexibility index (Phi) is 6.95. The molecule has 4 nitrogen and oxygen atoms in total. The summed E-state index contributed by atoms with van der Waals surface area (Å²) in [6, 6.07) is 8.83. The number of anilines is 1. The number of halogens is 5. The minimum absolute atomic E-state index is 0. The Labute approximate surface area is 150 Å². The van der Waals surface area contributed by atoms with Crippen molar-refractivity contribution in [2.24, 2.45) is 0 Å². The van der Waals surface area contributed by atoms with Crippen molar-refractivity contribution in [3.05, 3.63) is 42.2 Å². The van der Waals surface area contributed by atoms with E-state index in [-0.39, 0.29) is 30.8 Å². The summed E-state index contributed by atoms with van der Waals surface area (Å²) in [7, 11) is 0. The Morgan fingerprint density at radius 3 is 2.17 bits per heavy atom. The van der Waals surface area contributed by atoms with Crippen molar-refractivity contribution in [2.45, 2.75) is 25.1 Å². The van der Waals surface area contributed by atoms with E-state index in [9.17, 15) is 18.3 Å². The Morgan fingerprint density at radius 1 is 1.04 bits per heavy atom. The standard InChI is InChI=1S/C15H16F3N3O.2ClH/c16-15(17,18)13-10-21(11-4-2-1-3-5-11)14(19-13)20-8-6-12(22)7-9-20;;/h1-5,10,12,22H,6-9H2;2*1H. The molecule has 134 valence electrons. The minimum atomic E-state index is -4.48. The van der Waals surface area contributed by atoms with Gasteiger partial charge in [-0.1, -0.05) is 18.2 Å². The van der Waals surface area contributed by atoms with E-state index in [1.165, 1.54) is 4.57 Å². The van der Waals surface area contributed by atoms with Crippen molar-refractivity contribution in [3.8, 4) is 5.69 Å². The summed E-state index contributed by atoms with van der Waals surface area (Å²) in [5, 5.41) is 9.56. The zero-order valence-electron chi connectivity index (χ0n) is 12.6. The monoisotopic (exact) mass is 383 g/mol. The molecule has 1 aliphatic heterocycles. The molecule has 1 N–H and O–H groups in total. The number of benzene rings is 1. The van der Waals surface area contributed by atoms with Crippen LogP contribution in [0.15, 0.2) is 36.5 Å². The van der Waals surface area contributed by atoms with Crippen LogP contribution in [0.25, 0.3) is 5.69 Å². The number of hydrogen-bond donors (Lipinski definition) is 1. The van der Waals surface area contributed by atoms with Gasteiger partial charge in [0.1, 0.15) is 0 Å². The van der Waals surface area contributed by atoms with Crippen molar-refractivity contribution in [2.75, 3.05) is 18.0 Å². The molecule has 9 heteroatoms. The van der Waals surface area contributed by atoms with E-state index in [0.717, 1.165) is 6.20 Å². The number of rotatable bonds is 2. The SMILES string of the molecule is Cl.Cl.OC1CCN(c2nc(C(F)(F)F)cn2-c2ccccc2)CC1. The fourth-order valence-corrected chi connectivity index (χ4v) is 2.57. The van der Waals surface area contributed by atoms with Crippen LogP contribution in [0.4, 0.5) is 19.1 Å². The molecule has 0 bridgehead atoms. The van der Waals surface area contributed by atoms with Crippen LogP contribution >= 0.6 is 24.8 Å². The van der Waals surface area contributed by atoms with Crippen LogP contribution in [0.1, 0.15) is 18.5 Å². The molecule has 1 aromatic heterocycles. The van der Waals surface area contributed by atoms with Gasteiger partial charge in [-0.15, -0.1) is 24.8 Å². The fourth-order valence-electron chi connectivity index (χ4n) is 2.57. The maximum Gasteiger partial charge on any atom is 0.434 e. The topological polar surface area (TPSA) is 41.3 Å². The van der Waals surface area contributed by atoms with Gasteiger partial charge in [-0.3, -0.25) is 4.57 Å². The van der Waals surface area contributed by atoms with Crippen LogP contribution in [0.3, 0.4) is 0 Å². The Bertz CT molecular complexity index is 641. The number of imidazole rings is 1. The van der Waals surface area contributed by atoms with Crippen LogP contribution in [0.5, 0.6) is 0 Å². The largest absolute Gasteiger partial charge is 0.434 e. The Balaban J connectivity index is 0.00000144. The third-order valence-electron chi connectivity index (χ3n) is 3.76. The van der Waals surface area contributed by atoms with E-state index in [1.54, 1.807) is 29.2 Å². The number of aromatic nitrogens is 2. The molecule has 0 unspecified atom stereocenters. The van der Waals surface area contributed by atoms with E-state index < -0.39 is 18.0 Å². The predicted molar refractivity (Wildman–Crippen MR) is 90.5 cm³/mol. The highest BCUT2D eigenvalue weighted by molar-refractivity contribution is 5.85. The number of alkyl halides is 3. The molecule has 1 aliphatic rings. The van der Waals surface area contributed by atoms with E-state index in [1.807, 2.05) is 6.07 Å². The number of hydrogen-bond acceptors (Lipinski definition) is 3. The summed E-state index contributed by atoms with van der Waals surface area (Å²) in [5.41, 5.74) is -0.274. The van der Waals surface area contributed by atoms with Crippen LogP contribution in [-0.2, 0) is 6.18 Å². The Morgan fingerprint density at radius 2 is 1.62 bits per heavy atom. The molecule has 1 fully saturated rings. The normalized spacial score (nSPS) is 15.6. The molecule has 2 heterocycles. The second-order valence-electron chi connectivity index (χ2n) is 5.35. The van der Waals surface area contributed by atoms with E-state index in [0.29, 0.717) is 31.6 Å². The molecule has 1 aromatic carbocycles. The molecule has 2 aromatic rings. The summed E-state index contributed by atoms with van der Waals surface area (Å²) in [5.74, 6) is 0.269. The van der Waals surface area contributed by atoms with Crippen LogP contribution < -0.4 is 4.90 Å². The number of para-hydroxylation sites is 1. The maximum absolute atomic E-state index is 13.0. The first-order chi connectivity index (χ1) is 10.4. The summed E-state index contributed by atoms with van der Waals surface area (Å²) in [6.45, 7) is 0.977. The summed E-state index contributed by atoms with van der Waals surface area (Å²) in [4.78, 5) is 5.58. The highest BCUT2D eigenvalue weighted by atomic mass is 35.5. The summed E-state index contributed by atoms with van der Waals surface area (Å²) in [6.07, 6.45) is -2.79. The van der Waals surface area contributed by atoms with E-state index >= 15 is 0 Å². The first-order valence-corrected chi connectivity index (χ1v) is 7.10. The summed E-state index contributed by atoms with van der Waals surface area (Å²) < 4.78 is 40.4. The quantitative estimate of drug-likeness (QED) is 0.859. The lowest BCUT2D eigenvalue weighted by Crippen LogP contribution is -2.37. The smallest absolute Gasteiger partial charge is 0.393 e. The highest BCUT2D eigenvalue weighted by Crippen LogP contribution is 2.32. The lowest BCUT2D eigenvalue weighted by molar-refractivity contribution is -0.140. The van der Waals surface area contributed by atoms with Gasteiger partial charge in [0.2, 0.25) is 5.95 Å². The molecule has 0 aliphatic carbocycles. The van der Waals surface area contributed by atoms with Crippen molar-refractivity contribution in [1.29, 1.82) is 0 Å². The zero-order valence-corrected chi connectivity index (χ0v) is 14.2. The van der Waals surface area contributed by atoms with Gasteiger partial charge in [-0.25, -0.2) is 4.98 Å². The third kappa shape index (κ3) is 4.34. The average Bonchev–Trinajstić information content (AvgIpc) is 2.94. The molecular formula is C15H18Cl2F3N3O. The van der Waals surface area contributed by atoms with Gasteiger partial charge in [-0.05, 0) is 25.0 Å². The number of piperidine rings is 1. The summed E-state index contributed by atoms with van der Waals surface area (Å²) >= 11 is 0. The van der Waals surface area contributed by atoms with Crippen molar-refractivity contribution in [1.82, 2.24) is 9.55 Å². The van der Waals surface area contributed by atoms with Gasteiger partial charge >= 0.3 is 6.18 Å². The van der Waals surface area contributed by atoms with Crippen molar-refractivity contribution >= 4 is 30.8 Å². The molecular weight excluding hydrogens is 366 g/mol. The van der Waals surface area contributed by atoms with Crippen LogP contribution in [-0.4, -0.2) is 33.9 Å². The molecule has 0 radical (unpaired) electrons. The highest BCUT2D eigenvalue weighted by Gasteiger charge is 2.36. The van der Waals surface area contributed by atoms with Crippen molar-refractivity contribution < 1.29 is 18.3 Å². The van der Waals surface area contributed by atoms with Gasteiger partial charge in [0, 0.05) is 25.0 Å². The second kappa shape index (κ2) is 8.09. The van der Waals surface area contributed by atoms with Crippen molar-refractivity contribution in [3.63, 3.8) is 0 Å². The molecule has 24 heavy (non-hydrogen) atoms. The van der Waals surface area contributed by atoms with Gasteiger partial charge in [0.05, 0.1) is 6.10 Å². The van der Waals surface area contributed by atoms with E-state index in [4.69, 9.17) is 0 Å². The molecule has 0 spiro atoms. The first kappa shape index (κ1) is 20.6. The van der Waals surface area contributed by atoms with E-state index in [2.05, 4.69) is 4.98 Å². The lowest BCUT2D eigenvalue weighted by atomic mass is 10.1. The van der Waals surface area contributed by atoms with Gasteiger partial charge in [0.15, 0.2) is 5.69 Å². The molecule has 3 rings (SSSR count). The number of nitrogens with zero attached hydrogens (tertiary/aromatic N) is 3. The van der Waals surface area contributed by atoms with Crippen LogP contribution in [0, 0.1) is 0 Å². The second-order valence-corrected chi connectivity index (χ2v) is 5.35. The molecule has 1 saturated heterocycles. The number of aliphatic hydroxyl groups is 1. The van der Waals surface area contributed by atoms with Gasteiger partial charge < -0.3 is 10.0 Å². The lowest BCUT2D eigenvalue weighted by Gasteiger charge is -2.30.